The summed E-state index contributed by atoms with van der Waals surface area (Å²) in [6.07, 6.45) is 7.55. The van der Waals surface area contributed by atoms with Gasteiger partial charge in [-0.25, -0.2) is 0 Å². The molecule has 2 fully saturated rings. The van der Waals surface area contributed by atoms with Gasteiger partial charge < -0.3 is 15.4 Å². The van der Waals surface area contributed by atoms with Crippen molar-refractivity contribution in [2.24, 2.45) is 11.7 Å². The predicted octanol–water partition coefficient (Wildman–Crippen LogP) is 2.00. The van der Waals surface area contributed by atoms with Crippen molar-refractivity contribution in [3.63, 3.8) is 0 Å². The minimum atomic E-state index is 0.466. The van der Waals surface area contributed by atoms with Gasteiger partial charge in [-0.05, 0) is 51.0 Å². The summed E-state index contributed by atoms with van der Waals surface area (Å²) in [7, 11) is 0. The number of nitrogens with zero attached hydrogens (tertiary/aromatic N) is 1. The van der Waals surface area contributed by atoms with Crippen LogP contribution < -0.4 is 5.73 Å². The lowest BCUT2D eigenvalue weighted by molar-refractivity contribution is 0.0416. The van der Waals surface area contributed by atoms with Crippen molar-refractivity contribution in [2.75, 3.05) is 26.3 Å². The second-order valence-corrected chi connectivity index (χ2v) is 5.71. The average molecular weight is 240 g/mol. The molecule has 1 aliphatic carbocycles. The minimum Gasteiger partial charge on any atom is -0.381 e. The molecule has 1 saturated heterocycles. The van der Waals surface area contributed by atoms with Gasteiger partial charge in [-0.3, -0.25) is 0 Å². The van der Waals surface area contributed by atoms with E-state index >= 15 is 0 Å². The predicted molar refractivity (Wildman–Crippen MR) is 71.0 cm³/mol. The second-order valence-electron chi connectivity index (χ2n) is 5.71. The number of hydrogen-bond donors (Lipinski definition) is 1. The molecule has 0 aromatic carbocycles. The second kappa shape index (κ2) is 6.72. The van der Waals surface area contributed by atoms with E-state index in [0.29, 0.717) is 6.04 Å². The smallest absolute Gasteiger partial charge is 0.0469 e. The maximum Gasteiger partial charge on any atom is 0.0469 e. The first-order valence-electron chi connectivity index (χ1n) is 7.37. The molecule has 1 heterocycles. The van der Waals surface area contributed by atoms with E-state index < -0.39 is 0 Å². The van der Waals surface area contributed by atoms with Gasteiger partial charge in [0.2, 0.25) is 0 Å². The summed E-state index contributed by atoms with van der Waals surface area (Å²) in [6, 6.07) is 1.26. The molecule has 0 aromatic rings. The van der Waals surface area contributed by atoms with Crippen LogP contribution in [0.4, 0.5) is 0 Å². The molecular formula is C14H28N2O. The van der Waals surface area contributed by atoms with Gasteiger partial charge in [0.1, 0.15) is 0 Å². The summed E-state index contributed by atoms with van der Waals surface area (Å²) in [5.41, 5.74) is 5.99. The zero-order valence-electron chi connectivity index (χ0n) is 11.2. The van der Waals surface area contributed by atoms with E-state index in [1.54, 1.807) is 0 Å². The van der Waals surface area contributed by atoms with Crippen molar-refractivity contribution < 1.29 is 4.74 Å². The number of ether oxygens (including phenoxy) is 1. The Hall–Kier alpha value is -0.120. The van der Waals surface area contributed by atoms with E-state index in [9.17, 15) is 0 Å². The van der Waals surface area contributed by atoms with Gasteiger partial charge in [-0.15, -0.1) is 0 Å². The fraction of sp³-hybridized carbons (Fsp3) is 1.00. The molecule has 3 nitrogen and oxygen atoms in total. The van der Waals surface area contributed by atoms with Crippen LogP contribution in [0.5, 0.6) is 0 Å². The number of rotatable bonds is 4. The molecule has 0 bridgehead atoms. The van der Waals surface area contributed by atoms with Crippen molar-refractivity contribution in [1.29, 1.82) is 0 Å². The highest BCUT2D eigenvalue weighted by Gasteiger charge is 2.25. The van der Waals surface area contributed by atoms with Crippen LogP contribution >= 0.6 is 0 Å². The van der Waals surface area contributed by atoms with Crippen LogP contribution in [0.2, 0.25) is 0 Å². The Morgan fingerprint density at radius 1 is 1.06 bits per heavy atom. The lowest BCUT2D eigenvalue weighted by atomic mass is 9.89. The van der Waals surface area contributed by atoms with E-state index in [1.165, 1.54) is 51.6 Å². The Morgan fingerprint density at radius 2 is 1.71 bits per heavy atom. The largest absolute Gasteiger partial charge is 0.381 e. The fourth-order valence-electron chi connectivity index (χ4n) is 3.26. The third kappa shape index (κ3) is 3.94. The molecule has 0 amide bonds. The number of nitrogens with two attached hydrogens (primary N) is 1. The molecule has 0 aromatic heterocycles. The topological polar surface area (TPSA) is 38.5 Å². The normalized spacial score (nSPS) is 31.9. The Balaban J connectivity index is 1.78. The van der Waals surface area contributed by atoms with Gasteiger partial charge in [0, 0.05) is 31.8 Å². The SMILES string of the molecule is CCN(CC1CCOCC1)C1CCC(N)CC1. The zero-order valence-corrected chi connectivity index (χ0v) is 11.2. The monoisotopic (exact) mass is 240 g/mol. The summed E-state index contributed by atoms with van der Waals surface area (Å²) < 4.78 is 5.44. The highest BCUT2D eigenvalue weighted by molar-refractivity contribution is 4.82. The van der Waals surface area contributed by atoms with Crippen molar-refractivity contribution in [2.45, 2.75) is 57.5 Å². The van der Waals surface area contributed by atoms with E-state index in [2.05, 4.69) is 11.8 Å². The van der Waals surface area contributed by atoms with Crippen LogP contribution in [0.15, 0.2) is 0 Å². The van der Waals surface area contributed by atoms with Gasteiger partial charge >= 0.3 is 0 Å². The first-order valence-corrected chi connectivity index (χ1v) is 7.37. The van der Waals surface area contributed by atoms with E-state index in [4.69, 9.17) is 10.5 Å². The molecule has 1 aliphatic heterocycles. The summed E-state index contributed by atoms with van der Waals surface area (Å²) in [6.45, 7) is 6.71. The van der Waals surface area contributed by atoms with Crippen LogP contribution in [0.25, 0.3) is 0 Å². The molecule has 2 rings (SSSR count). The van der Waals surface area contributed by atoms with E-state index in [-0.39, 0.29) is 0 Å². The van der Waals surface area contributed by atoms with Crippen LogP contribution in [-0.4, -0.2) is 43.3 Å². The standard InChI is InChI=1S/C14H28N2O/c1-2-16(11-12-7-9-17-10-8-12)14-5-3-13(15)4-6-14/h12-14H,2-11,15H2,1H3. The summed E-state index contributed by atoms with van der Waals surface area (Å²) in [5.74, 6) is 0.860. The molecule has 3 heteroatoms. The lowest BCUT2D eigenvalue weighted by Gasteiger charge is -2.38. The van der Waals surface area contributed by atoms with Crippen LogP contribution in [0.1, 0.15) is 45.4 Å². The van der Waals surface area contributed by atoms with Crippen molar-refractivity contribution in [3.05, 3.63) is 0 Å². The molecule has 1 saturated carbocycles. The molecule has 2 aliphatic rings. The zero-order chi connectivity index (χ0) is 12.1. The minimum absolute atomic E-state index is 0.466. The van der Waals surface area contributed by atoms with Gasteiger partial charge in [0.25, 0.3) is 0 Å². The first-order chi connectivity index (χ1) is 8.29. The highest BCUT2D eigenvalue weighted by atomic mass is 16.5. The maximum absolute atomic E-state index is 5.99. The average Bonchev–Trinajstić information content (AvgIpc) is 2.38. The highest BCUT2D eigenvalue weighted by Crippen LogP contribution is 2.24. The summed E-state index contributed by atoms with van der Waals surface area (Å²) in [4.78, 5) is 2.70. The van der Waals surface area contributed by atoms with Gasteiger partial charge in [-0.1, -0.05) is 6.92 Å². The molecule has 2 N–H and O–H groups in total. The molecule has 0 unspecified atom stereocenters. The van der Waals surface area contributed by atoms with Gasteiger partial charge in [0.05, 0.1) is 0 Å². The summed E-state index contributed by atoms with van der Waals surface area (Å²) in [5, 5.41) is 0. The third-order valence-electron chi connectivity index (χ3n) is 4.50. The van der Waals surface area contributed by atoms with Crippen molar-refractivity contribution >= 4 is 0 Å². The molecule has 17 heavy (non-hydrogen) atoms. The fourth-order valence-corrected chi connectivity index (χ4v) is 3.26. The van der Waals surface area contributed by atoms with E-state index in [1.807, 2.05) is 0 Å². The number of hydrogen-bond acceptors (Lipinski definition) is 3. The van der Waals surface area contributed by atoms with Crippen molar-refractivity contribution in [1.82, 2.24) is 4.90 Å². The molecule has 0 atom stereocenters. The Bertz CT molecular complexity index is 208. The Labute approximate surface area is 106 Å². The van der Waals surface area contributed by atoms with Crippen molar-refractivity contribution in [3.8, 4) is 0 Å². The Morgan fingerprint density at radius 3 is 2.29 bits per heavy atom. The molecule has 100 valence electrons. The van der Waals surface area contributed by atoms with E-state index in [0.717, 1.165) is 25.2 Å². The first kappa shape index (κ1) is 13.3. The Kier molecular flexibility index (Phi) is 5.26. The van der Waals surface area contributed by atoms with Gasteiger partial charge in [0.15, 0.2) is 0 Å². The van der Waals surface area contributed by atoms with Crippen LogP contribution in [0.3, 0.4) is 0 Å². The maximum atomic E-state index is 5.99. The lowest BCUT2D eigenvalue weighted by Crippen LogP contribution is -2.43. The van der Waals surface area contributed by atoms with Gasteiger partial charge in [-0.2, -0.15) is 0 Å². The molecule has 0 spiro atoms. The molecule has 0 radical (unpaired) electrons. The summed E-state index contributed by atoms with van der Waals surface area (Å²) >= 11 is 0. The quantitative estimate of drug-likeness (QED) is 0.817. The third-order valence-corrected chi connectivity index (χ3v) is 4.50. The van der Waals surface area contributed by atoms with Crippen LogP contribution in [0, 0.1) is 5.92 Å². The molecular weight excluding hydrogens is 212 g/mol. The van der Waals surface area contributed by atoms with Crippen LogP contribution in [-0.2, 0) is 4.74 Å².